The summed E-state index contributed by atoms with van der Waals surface area (Å²) in [7, 11) is 3.22. The molecule has 0 fully saturated rings. The van der Waals surface area contributed by atoms with Crippen molar-refractivity contribution in [3.05, 3.63) is 29.8 Å². The lowest BCUT2D eigenvalue weighted by Gasteiger charge is -2.09. The number of rotatable bonds is 11. The van der Waals surface area contributed by atoms with Crippen molar-refractivity contribution in [2.45, 2.75) is 6.42 Å². The molecular formula is C16H25N3O4. The smallest absolute Gasteiger partial charge is 0.251 e. The zero-order valence-corrected chi connectivity index (χ0v) is 13.7. The number of anilines is 1. The molecule has 0 aliphatic heterocycles. The molecule has 0 aromatic heterocycles. The molecule has 0 aliphatic rings. The molecule has 0 unspecified atom stereocenters. The van der Waals surface area contributed by atoms with E-state index in [0.29, 0.717) is 37.6 Å². The number of amides is 2. The van der Waals surface area contributed by atoms with Crippen LogP contribution in [0.2, 0.25) is 0 Å². The van der Waals surface area contributed by atoms with Crippen molar-refractivity contribution in [2.75, 3.05) is 52.4 Å². The summed E-state index contributed by atoms with van der Waals surface area (Å²) in [5.74, 6) is -0.352. The van der Waals surface area contributed by atoms with Crippen LogP contribution in [0.25, 0.3) is 0 Å². The van der Waals surface area contributed by atoms with Crippen LogP contribution in [-0.4, -0.2) is 58.9 Å². The second kappa shape index (κ2) is 11.6. The van der Waals surface area contributed by atoms with E-state index >= 15 is 0 Å². The number of hydrogen-bond acceptors (Lipinski definition) is 5. The SMILES string of the molecule is COCCCNCC(=O)Nc1cccc(C(=O)NCCOC)c1. The molecule has 128 valence electrons. The Labute approximate surface area is 136 Å². The van der Waals surface area contributed by atoms with Crippen molar-refractivity contribution < 1.29 is 19.1 Å². The molecule has 1 aromatic carbocycles. The summed E-state index contributed by atoms with van der Waals surface area (Å²) in [4.78, 5) is 23.7. The summed E-state index contributed by atoms with van der Waals surface area (Å²) in [6, 6.07) is 6.81. The van der Waals surface area contributed by atoms with E-state index < -0.39 is 0 Å². The fourth-order valence-corrected chi connectivity index (χ4v) is 1.86. The molecule has 0 saturated heterocycles. The average Bonchev–Trinajstić information content (AvgIpc) is 2.55. The van der Waals surface area contributed by atoms with Crippen molar-refractivity contribution >= 4 is 17.5 Å². The van der Waals surface area contributed by atoms with E-state index in [1.54, 1.807) is 38.5 Å². The van der Waals surface area contributed by atoms with Crippen LogP contribution in [0.15, 0.2) is 24.3 Å². The number of benzene rings is 1. The average molecular weight is 323 g/mol. The Hall–Kier alpha value is -1.96. The van der Waals surface area contributed by atoms with Gasteiger partial charge >= 0.3 is 0 Å². The van der Waals surface area contributed by atoms with E-state index in [1.165, 1.54) is 0 Å². The van der Waals surface area contributed by atoms with Gasteiger partial charge in [0, 0.05) is 38.6 Å². The van der Waals surface area contributed by atoms with Gasteiger partial charge in [0.15, 0.2) is 0 Å². The Balaban J connectivity index is 2.40. The molecule has 2 amide bonds. The Morgan fingerprint density at radius 2 is 1.87 bits per heavy atom. The molecule has 0 saturated carbocycles. The van der Waals surface area contributed by atoms with Gasteiger partial charge in [-0.15, -0.1) is 0 Å². The molecule has 0 radical (unpaired) electrons. The summed E-state index contributed by atoms with van der Waals surface area (Å²) in [5, 5.41) is 8.52. The molecule has 3 N–H and O–H groups in total. The Morgan fingerprint density at radius 3 is 2.61 bits per heavy atom. The highest BCUT2D eigenvalue weighted by atomic mass is 16.5. The van der Waals surface area contributed by atoms with Crippen molar-refractivity contribution in [1.29, 1.82) is 0 Å². The normalized spacial score (nSPS) is 10.3. The van der Waals surface area contributed by atoms with Crippen molar-refractivity contribution in [3.63, 3.8) is 0 Å². The first-order chi connectivity index (χ1) is 11.2. The van der Waals surface area contributed by atoms with Crippen LogP contribution >= 0.6 is 0 Å². The van der Waals surface area contributed by atoms with E-state index in [2.05, 4.69) is 16.0 Å². The molecule has 23 heavy (non-hydrogen) atoms. The largest absolute Gasteiger partial charge is 0.385 e. The maximum Gasteiger partial charge on any atom is 0.251 e. The van der Waals surface area contributed by atoms with E-state index in [1.807, 2.05) is 0 Å². The van der Waals surface area contributed by atoms with Gasteiger partial charge in [0.25, 0.3) is 5.91 Å². The van der Waals surface area contributed by atoms with Gasteiger partial charge in [-0.3, -0.25) is 9.59 Å². The first kappa shape index (κ1) is 19.1. The van der Waals surface area contributed by atoms with Gasteiger partial charge in [0.2, 0.25) is 5.91 Å². The molecule has 0 bridgehead atoms. The summed E-state index contributed by atoms with van der Waals surface area (Å²) in [6.45, 7) is 2.49. The molecule has 0 spiro atoms. The Morgan fingerprint density at radius 1 is 1.09 bits per heavy atom. The Bertz CT molecular complexity index is 494. The molecule has 0 aliphatic carbocycles. The summed E-state index contributed by atoms with van der Waals surface area (Å²) in [5.41, 5.74) is 1.08. The number of nitrogens with one attached hydrogen (secondary N) is 3. The highest BCUT2D eigenvalue weighted by Gasteiger charge is 2.07. The second-order valence-electron chi connectivity index (χ2n) is 4.90. The maximum atomic E-state index is 11.9. The van der Waals surface area contributed by atoms with Crippen LogP contribution in [0.1, 0.15) is 16.8 Å². The molecule has 0 atom stereocenters. The second-order valence-corrected chi connectivity index (χ2v) is 4.90. The zero-order chi connectivity index (χ0) is 16.9. The number of ether oxygens (including phenoxy) is 2. The van der Waals surface area contributed by atoms with E-state index in [-0.39, 0.29) is 18.4 Å². The first-order valence-corrected chi connectivity index (χ1v) is 7.54. The lowest BCUT2D eigenvalue weighted by molar-refractivity contribution is -0.115. The molecule has 0 heterocycles. The number of hydrogen-bond donors (Lipinski definition) is 3. The fraction of sp³-hybridized carbons (Fsp3) is 0.500. The minimum atomic E-state index is -0.198. The highest BCUT2D eigenvalue weighted by Crippen LogP contribution is 2.10. The lowest BCUT2D eigenvalue weighted by Crippen LogP contribution is -2.29. The number of carbonyl (C=O) groups is 2. The third-order valence-electron chi connectivity index (χ3n) is 2.99. The quantitative estimate of drug-likeness (QED) is 0.520. The van der Waals surface area contributed by atoms with E-state index in [4.69, 9.17) is 9.47 Å². The third kappa shape index (κ3) is 8.29. The van der Waals surface area contributed by atoms with Gasteiger partial charge in [-0.25, -0.2) is 0 Å². The summed E-state index contributed by atoms with van der Waals surface area (Å²) in [6.07, 6.45) is 0.848. The zero-order valence-electron chi connectivity index (χ0n) is 13.7. The van der Waals surface area contributed by atoms with Crippen LogP contribution < -0.4 is 16.0 Å². The van der Waals surface area contributed by atoms with Gasteiger partial charge in [-0.2, -0.15) is 0 Å². The molecule has 7 nitrogen and oxygen atoms in total. The minimum Gasteiger partial charge on any atom is -0.385 e. The summed E-state index contributed by atoms with van der Waals surface area (Å²) >= 11 is 0. The van der Waals surface area contributed by atoms with Crippen LogP contribution in [-0.2, 0) is 14.3 Å². The minimum absolute atomic E-state index is 0.153. The molecule has 1 aromatic rings. The van der Waals surface area contributed by atoms with Crippen LogP contribution in [0, 0.1) is 0 Å². The van der Waals surface area contributed by atoms with E-state index in [9.17, 15) is 9.59 Å². The van der Waals surface area contributed by atoms with Crippen molar-refractivity contribution in [1.82, 2.24) is 10.6 Å². The predicted molar refractivity (Wildman–Crippen MR) is 88.6 cm³/mol. The van der Waals surface area contributed by atoms with Gasteiger partial charge < -0.3 is 25.4 Å². The van der Waals surface area contributed by atoms with Crippen LogP contribution in [0.4, 0.5) is 5.69 Å². The van der Waals surface area contributed by atoms with Gasteiger partial charge in [-0.05, 0) is 31.2 Å². The monoisotopic (exact) mass is 323 g/mol. The molecule has 7 heteroatoms. The number of carbonyl (C=O) groups excluding carboxylic acids is 2. The predicted octanol–water partition coefficient (Wildman–Crippen LogP) is 0.627. The number of methoxy groups -OCH3 is 2. The molecular weight excluding hydrogens is 298 g/mol. The molecule has 1 rings (SSSR count). The summed E-state index contributed by atoms with van der Waals surface area (Å²) < 4.78 is 9.81. The first-order valence-electron chi connectivity index (χ1n) is 7.54. The van der Waals surface area contributed by atoms with Crippen molar-refractivity contribution in [2.24, 2.45) is 0 Å². The topological polar surface area (TPSA) is 88.7 Å². The third-order valence-corrected chi connectivity index (χ3v) is 2.99. The standard InChI is InChI=1S/C16H25N3O4/c1-22-9-4-7-17-12-15(20)19-14-6-3-5-13(11-14)16(21)18-8-10-23-2/h3,5-6,11,17H,4,7-10,12H2,1-2H3,(H,18,21)(H,19,20). The highest BCUT2D eigenvalue weighted by molar-refractivity contribution is 5.97. The van der Waals surface area contributed by atoms with Crippen LogP contribution in [0.3, 0.4) is 0 Å². The Kier molecular flexibility index (Phi) is 9.62. The van der Waals surface area contributed by atoms with E-state index in [0.717, 1.165) is 6.42 Å². The lowest BCUT2D eigenvalue weighted by atomic mass is 10.2. The fourth-order valence-electron chi connectivity index (χ4n) is 1.86. The van der Waals surface area contributed by atoms with Gasteiger partial charge in [-0.1, -0.05) is 6.07 Å². The van der Waals surface area contributed by atoms with Gasteiger partial charge in [0.1, 0.15) is 0 Å². The van der Waals surface area contributed by atoms with Crippen LogP contribution in [0.5, 0.6) is 0 Å². The van der Waals surface area contributed by atoms with Crippen molar-refractivity contribution in [3.8, 4) is 0 Å². The maximum absolute atomic E-state index is 11.9. The van der Waals surface area contributed by atoms with Gasteiger partial charge in [0.05, 0.1) is 13.2 Å².